The number of hydrogen-bond acceptors (Lipinski definition) is 3. The minimum absolute atomic E-state index is 0.103. The Labute approximate surface area is 112 Å². The summed E-state index contributed by atoms with van der Waals surface area (Å²) < 4.78 is 0. The van der Waals surface area contributed by atoms with Gasteiger partial charge in [0.15, 0.2) is 0 Å². The number of carbonyl (C=O) groups is 1. The van der Waals surface area contributed by atoms with Crippen LogP contribution >= 0.6 is 23.4 Å². The molecule has 0 saturated heterocycles. The number of hydrogen-bond donors (Lipinski definition) is 2. The van der Waals surface area contributed by atoms with Crippen molar-refractivity contribution in [2.75, 3.05) is 11.5 Å². The molecule has 0 aromatic carbocycles. The van der Waals surface area contributed by atoms with Crippen molar-refractivity contribution in [2.45, 2.75) is 44.1 Å². The summed E-state index contributed by atoms with van der Waals surface area (Å²) in [6.45, 7) is 2.07. The van der Waals surface area contributed by atoms with Gasteiger partial charge < -0.3 is 10.2 Å². The largest absolute Gasteiger partial charge is 0.481 e. The van der Waals surface area contributed by atoms with Gasteiger partial charge in [0, 0.05) is 5.38 Å². The minimum Gasteiger partial charge on any atom is -0.481 e. The third-order valence-corrected chi connectivity index (χ3v) is 5.05. The zero-order chi connectivity index (χ0) is 12.8. The first-order valence-corrected chi connectivity index (χ1v) is 7.73. The topological polar surface area (TPSA) is 57.5 Å². The summed E-state index contributed by atoms with van der Waals surface area (Å²) in [5.74, 6) is 1.04. The molecule has 0 aromatic heterocycles. The van der Waals surface area contributed by atoms with E-state index in [1.54, 1.807) is 0 Å². The van der Waals surface area contributed by atoms with Gasteiger partial charge in [-0.25, -0.2) is 0 Å². The SMILES string of the molecule is C[C@@H]1[C@@H](CCCCSCC(=O)O)[C@H](Cl)C[C@H]1O. The van der Waals surface area contributed by atoms with Crippen LogP contribution in [0.1, 0.15) is 32.6 Å². The highest BCUT2D eigenvalue weighted by atomic mass is 35.5. The Hall–Kier alpha value is 0.0700. The summed E-state index contributed by atoms with van der Waals surface area (Å²) >= 11 is 7.67. The molecule has 17 heavy (non-hydrogen) atoms. The first-order valence-electron chi connectivity index (χ1n) is 6.14. The zero-order valence-corrected chi connectivity index (χ0v) is 11.7. The summed E-state index contributed by atoms with van der Waals surface area (Å²) in [4.78, 5) is 10.3. The van der Waals surface area contributed by atoms with Crippen LogP contribution in [-0.2, 0) is 4.79 Å². The molecule has 5 heteroatoms. The molecule has 0 bridgehead atoms. The molecule has 1 aliphatic rings. The van der Waals surface area contributed by atoms with E-state index in [1.165, 1.54) is 11.8 Å². The Balaban J connectivity index is 2.08. The van der Waals surface area contributed by atoms with Crippen molar-refractivity contribution in [3.8, 4) is 0 Å². The van der Waals surface area contributed by atoms with E-state index < -0.39 is 5.97 Å². The number of carboxylic acids is 1. The fraction of sp³-hybridized carbons (Fsp3) is 0.917. The van der Waals surface area contributed by atoms with Gasteiger partial charge >= 0.3 is 5.97 Å². The molecule has 0 unspecified atom stereocenters. The highest BCUT2D eigenvalue weighted by Gasteiger charge is 2.37. The van der Waals surface area contributed by atoms with Gasteiger partial charge in [-0.05, 0) is 36.9 Å². The molecule has 3 nitrogen and oxygen atoms in total. The second kappa shape index (κ2) is 7.49. The van der Waals surface area contributed by atoms with Gasteiger partial charge in [-0.2, -0.15) is 11.8 Å². The Morgan fingerprint density at radius 1 is 1.47 bits per heavy atom. The lowest BCUT2D eigenvalue weighted by Crippen LogP contribution is -2.17. The van der Waals surface area contributed by atoms with E-state index in [2.05, 4.69) is 6.92 Å². The van der Waals surface area contributed by atoms with Crippen LogP contribution in [0.4, 0.5) is 0 Å². The van der Waals surface area contributed by atoms with E-state index in [-0.39, 0.29) is 17.2 Å². The summed E-state index contributed by atoms with van der Waals surface area (Å²) in [5, 5.41) is 18.3. The van der Waals surface area contributed by atoms with Crippen LogP contribution in [-0.4, -0.2) is 39.2 Å². The van der Waals surface area contributed by atoms with E-state index in [0.29, 0.717) is 18.3 Å². The van der Waals surface area contributed by atoms with Gasteiger partial charge in [0.25, 0.3) is 0 Å². The van der Waals surface area contributed by atoms with Gasteiger partial charge in [0.05, 0.1) is 11.9 Å². The molecular weight excluding hydrogens is 260 g/mol. The molecule has 1 fully saturated rings. The maximum absolute atomic E-state index is 10.3. The van der Waals surface area contributed by atoms with Crippen molar-refractivity contribution >= 4 is 29.3 Å². The lowest BCUT2D eigenvalue weighted by molar-refractivity contribution is -0.133. The van der Waals surface area contributed by atoms with Crippen molar-refractivity contribution in [3.05, 3.63) is 0 Å². The highest BCUT2D eigenvalue weighted by Crippen LogP contribution is 2.38. The summed E-state index contributed by atoms with van der Waals surface area (Å²) in [6, 6.07) is 0. The van der Waals surface area contributed by atoms with E-state index in [0.717, 1.165) is 25.0 Å². The molecule has 0 aliphatic heterocycles. The van der Waals surface area contributed by atoms with Crippen LogP contribution in [0.15, 0.2) is 0 Å². The lowest BCUT2D eigenvalue weighted by atomic mass is 9.91. The number of carboxylic acid groups (broad SMARTS) is 1. The van der Waals surface area contributed by atoms with Gasteiger partial charge in [0.1, 0.15) is 0 Å². The van der Waals surface area contributed by atoms with E-state index >= 15 is 0 Å². The highest BCUT2D eigenvalue weighted by molar-refractivity contribution is 7.99. The second-order valence-electron chi connectivity index (χ2n) is 4.78. The molecule has 0 amide bonds. The van der Waals surface area contributed by atoms with Gasteiger partial charge in [-0.3, -0.25) is 4.79 Å². The number of unbranched alkanes of at least 4 members (excludes halogenated alkanes) is 1. The number of aliphatic hydroxyl groups is 1. The van der Waals surface area contributed by atoms with Gasteiger partial charge in [-0.15, -0.1) is 11.6 Å². The van der Waals surface area contributed by atoms with Gasteiger partial charge in [0.2, 0.25) is 0 Å². The van der Waals surface area contributed by atoms with Crippen LogP contribution in [0.2, 0.25) is 0 Å². The molecule has 2 N–H and O–H groups in total. The number of aliphatic hydroxyl groups excluding tert-OH is 1. The molecule has 0 aromatic rings. The molecule has 4 atom stereocenters. The summed E-state index contributed by atoms with van der Waals surface area (Å²) in [6.07, 6.45) is 3.60. The Morgan fingerprint density at radius 2 is 2.18 bits per heavy atom. The Kier molecular flexibility index (Phi) is 6.67. The molecule has 0 spiro atoms. The maximum atomic E-state index is 10.3. The zero-order valence-electron chi connectivity index (χ0n) is 10.1. The van der Waals surface area contributed by atoms with E-state index in [1.807, 2.05) is 0 Å². The van der Waals surface area contributed by atoms with Crippen molar-refractivity contribution in [3.63, 3.8) is 0 Å². The quantitative estimate of drug-likeness (QED) is 0.556. The monoisotopic (exact) mass is 280 g/mol. The average molecular weight is 281 g/mol. The molecule has 0 heterocycles. The van der Waals surface area contributed by atoms with Crippen molar-refractivity contribution in [1.82, 2.24) is 0 Å². The average Bonchev–Trinajstić information content (AvgIpc) is 2.48. The Morgan fingerprint density at radius 3 is 2.71 bits per heavy atom. The van der Waals surface area contributed by atoms with Crippen LogP contribution in [0.5, 0.6) is 0 Å². The smallest absolute Gasteiger partial charge is 0.313 e. The first kappa shape index (κ1) is 15.1. The number of alkyl halides is 1. The summed E-state index contributed by atoms with van der Waals surface area (Å²) in [5.41, 5.74) is 0. The maximum Gasteiger partial charge on any atom is 0.313 e. The normalized spacial score (nSPS) is 32.9. The standard InChI is InChI=1S/C12H21ClO3S/c1-8-9(10(13)6-11(8)14)4-2-3-5-17-7-12(15)16/h8-11,14H,2-7H2,1H3,(H,15,16)/t8-,9-,10-,11-/m1/s1. The predicted molar refractivity (Wildman–Crippen MR) is 71.7 cm³/mol. The first-order chi connectivity index (χ1) is 8.02. The minimum atomic E-state index is -0.747. The molecular formula is C12H21ClO3S. The van der Waals surface area contributed by atoms with Crippen LogP contribution in [0, 0.1) is 11.8 Å². The third-order valence-electron chi connectivity index (χ3n) is 3.52. The number of rotatable bonds is 7. The van der Waals surface area contributed by atoms with Crippen molar-refractivity contribution in [2.24, 2.45) is 11.8 Å². The van der Waals surface area contributed by atoms with Crippen LogP contribution < -0.4 is 0 Å². The number of halogens is 1. The predicted octanol–water partition coefficient (Wildman–Crippen LogP) is 2.60. The van der Waals surface area contributed by atoms with E-state index in [4.69, 9.17) is 16.7 Å². The van der Waals surface area contributed by atoms with E-state index in [9.17, 15) is 9.90 Å². The number of thioether (sulfide) groups is 1. The Bertz CT molecular complexity index is 250. The third kappa shape index (κ3) is 5.06. The number of aliphatic carboxylic acids is 1. The second-order valence-corrected chi connectivity index (χ2v) is 6.45. The molecule has 0 radical (unpaired) electrons. The van der Waals surface area contributed by atoms with Crippen molar-refractivity contribution in [1.29, 1.82) is 0 Å². The molecule has 1 saturated carbocycles. The lowest BCUT2D eigenvalue weighted by Gasteiger charge is -2.19. The van der Waals surface area contributed by atoms with Crippen LogP contribution in [0.3, 0.4) is 0 Å². The van der Waals surface area contributed by atoms with Gasteiger partial charge in [-0.1, -0.05) is 13.3 Å². The molecule has 100 valence electrons. The fourth-order valence-electron chi connectivity index (χ4n) is 2.42. The fourth-order valence-corrected chi connectivity index (χ4v) is 3.69. The summed E-state index contributed by atoms with van der Waals surface area (Å²) in [7, 11) is 0. The van der Waals surface area contributed by atoms with Crippen molar-refractivity contribution < 1.29 is 15.0 Å². The molecule has 1 rings (SSSR count). The van der Waals surface area contributed by atoms with Crippen LogP contribution in [0.25, 0.3) is 0 Å². The molecule has 1 aliphatic carbocycles.